The Morgan fingerprint density at radius 1 is 1.04 bits per heavy atom. The van der Waals surface area contributed by atoms with E-state index in [-0.39, 0.29) is 0 Å². The van der Waals surface area contributed by atoms with E-state index in [0.29, 0.717) is 12.4 Å². The summed E-state index contributed by atoms with van der Waals surface area (Å²) in [7, 11) is 3.75. The zero-order valence-corrected chi connectivity index (χ0v) is 17.2. The molecule has 2 aromatic heterocycles. The predicted octanol–water partition coefficient (Wildman–Crippen LogP) is 4.60. The number of oxazole rings is 1. The Bertz CT molecular complexity index is 1120. The maximum atomic E-state index is 5.93. The second-order valence-corrected chi connectivity index (χ2v) is 7.49. The lowest BCUT2D eigenvalue weighted by molar-refractivity contribution is 0.313. The largest absolute Gasteiger partial charge is 0.496 e. The topological polar surface area (TPSA) is 64.3 Å². The number of fused-ring (bicyclic) bond motifs is 1. The number of benzene rings is 2. The third kappa shape index (κ3) is 3.76. The molecule has 0 aliphatic heterocycles. The minimum atomic E-state index is 0.640. The minimum Gasteiger partial charge on any atom is -0.496 e. The number of hydrogen-bond donors (Lipinski definition) is 0. The SMILES string of the molecule is COc1ccc(-c2nc(CN(C)Cc3ccc4nsnc4c3)c(C)o2)cc1C. The van der Waals surface area contributed by atoms with Crippen LogP contribution in [0.5, 0.6) is 5.75 Å². The molecular formula is C21H22N4O2S. The molecule has 2 aromatic carbocycles. The van der Waals surface area contributed by atoms with E-state index in [2.05, 4.69) is 32.8 Å². The summed E-state index contributed by atoms with van der Waals surface area (Å²) < 4.78 is 19.8. The Morgan fingerprint density at radius 3 is 2.64 bits per heavy atom. The van der Waals surface area contributed by atoms with Crippen molar-refractivity contribution in [3.63, 3.8) is 0 Å². The Kier molecular flexibility index (Phi) is 5.11. The molecule has 0 aliphatic carbocycles. The first-order valence-corrected chi connectivity index (χ1v) is 9.77. The van der Waals surface area contributed by atoms with Crippen molar-refractivity contribution in [3.05, 3.63) is 59.0 Å². The highest BCUT2D eigenvalue weighted by molar-refractivity contribution is 7.00. The highest BCUT2D eigenvalue weighted by Gasteiger charge is 2.14. The summed E-state index contributed by atoms with van der Waals surface area (Å²) >= 11 is 1.25. The molecule has 6 nitrogen and oxygen atoms in total. The lowest BCUT2D eigenvalue weighted by atomic mass is 10.1. The van der Waals surface area contributed by atoms with E-state index in [1.807, 2.05) is 38.1 Å². The molecule has 7 heteroatoms. The van der Waals surface area contributed by atoms with Gasteiger partial charge in [0.15, 0.2) is 0 Å². The summed E-state index contributed by atoms with van der Waals surface area (Å²) in [6.45, 7) is 5.49. The van der Waals surface area contributed by atoms with Gasteiger partial charge in [0.05, 0.1) is 24.5 Å². The Balaban J connectivity index is 1.49. The van der Waals surface area contributed by atoms with Crippen molar-refractivity contribution in [2.75, 3.05) is 14.2 Å². The number of methoxy groups -OCH3 is 1. The summed E-state index contributed by atoms with van der Waals surface area (Å²) in [5, 5.41) is 0. The van der Waals surface area contributed by atoms with Crippen molar-refractivity contribution < 1.29 is 9.15 Å². The van der Waals surface area contributed by atoms with Crippen molar-refractivity contribution in [1.29, 1.82) is 0 Å². The van der Waals surface area contributed by atoms with Gasteiger partial charge in [0, 0.05) is 18.7 Å². The molecule has 0 spiro atoms. The molecule has 4 rings (SSSR count). The van der Waals surface area contributed by atoms with Crippen molar-refractivity contribution in [3.8, 4) is 17.2 Å². The van der Waals surface area contributed by atoms with Gasteiger partial charge in [-0.25, -0.2) is 4.98 Å². The molecule has 0 aliphatic rings. The van der Waals surface area contributed by atoms with Crippen molar-refractivity contribution in [1.82, 2.24) is 18.6 Å². The zero-order valence-electron chi connectivity index (χ0n) is 16.4. The molecule has 0 atom stereocenters. The lowest BCUT2D eigenvalue weighted by Gasteiger charge is -2.15. The highest BCUT2D eigenvalue weighted by atomic mass is 32.1. The van der Waals surface area contributed by atoms with Crippen LogP contribution in [0.4, 0.5) is 0 Å². The van der Waals surface area contributed by atoms with Crippen LogP contribution < -0.4 is 4.74 Å². The van der Waals surface area contributed by atoms with Crippen LogP contribution in [0.15, 0.2) is 40.8 Å². The zero-order chi connectivity index (χ0) is 19.7. The molecule has 0 N–H and O–H groups in total. The van der Waals surface area contributed by atoms with E-state index in [0.717, 1.165) is 45.9 Å². The molecular weight excluding hydrogens is 372 g/mol. The van der Waals surface area contributed by atoms with Crippen LogP contribution in [0.1, 0.15) is 22.6 Å². The maximum absolute atomic E-state index is 5.93. The van der Waals surface area contributed by atoms with Crippen LogP contribution in [-0.2, 0) is 13.1 Å². The monoisotopic (exact) mass is 394 g/mol. The molecule has 0 saturated heterocycles. The first kappa shape index (κ1) is 18.6. The van der Waals surface area contributed by atoms with E-state index in [9.17, 15) is 0 Å². The van der Waals surface area contributed by atoms with E-state index < -0.39 is 0 Å². The molecule has 28 heavy (non-hydrogen) atoms. The van der Waals surface area contributed by atoms with Gasteiger partial charge in [0.2, 0.25) is 5.89 Å². The molecule has 0 amide bonds. The third-order valence-corrected chi connectivity index (χ3v) is 5.28. The lowest BCUT2D eigenvalue weighted by Crippen LogP contribution is -2.18. The molecule has 2 heterocycles. The fraction of sp³-hybridized carbons (Fsp3) is 0.286. The predicted molar refractivity (Wildman–Crippen MR) is 111 cm³/mol. The number of rotatable bonds is 6. The average molecular weight is 395 g/mol. The van der Waals surface area contributed by atoms with Crippen LogP contribution >= 0.6 is 11.7 Å². The van der Waals surface area contributed by atoms with Gasteiger partial charge in [-0.3, -0.25) is 4.90 Å². The molecule has 144 valence electrons. The minimum absolute atomic E-state index is 0.640. The number of ether oxygens (including phenoxy) is 1. The number of aryl methyl sites for hydroxylation is 2. The maximum Gasteiger partial charge on any atom is 0.226 e. The van der Waals surface area contributed by atoms with Gasteiger partial charge in [-0.15, -0.1) is 0 Å². The van der Waals surface area contributed by atoms with Gasteiger partial charge in [-0.1, -0.05) is 6.07 Å². The average Bonchev–Trinajstić information content (AvgIpc) is 3.28. The Hall–Kier alpha value is -2.77. The molecule has 0 fully saturated rings. The molecule has 0 saturated carbocycles. The summed E-state index contributed by atoms with van der Waals surface area (Å²) in [6, 6.07) is 12.2. The Morgan fingerprint density at radius 2 is 1.86 bits per heavy atom. The first-order chi connectivity index (χ1) is 13.5. The normalized spacial score (nSPS) is 11.5. The van der Waals surface area contributed by atoms with E-state index in [1.165, 1.54) is 17.3 Å². The summed E-state index contributed by atoms with van der Waals surface area (Å²) in [4.78, 5) is 6.95. The van der Waals surface area contributed by atoms with Crippen molar-refractivity contribution >= 4 is 22.8 Å². The van der Waals surface area contributed by atoms with Crippen LogP contribution in [0.3, 0.4) is 0 Å². The summed E-state index contributed by atoms with van der Waals surface area (Å²) in [5.74, 6) is 2.34. The molecule has 0 radical (unpaired) electrons. The van der Waals surface area contributed by atoms with Gasteiger partial charge in [-0.05, 0) is 62.4 Å². The van der Waals surface area contributed by atoms with Gasteiger partial charge in [-0.2, -0.15) is 8.75 Å². The third-order valence-electron chi connectivity index (χ3n) is 4.72. The second-order valence-electron chi connectivity index (χ2n) is 6.97. The van der Waals surface area contributed by atoms with Crippen LogP contribution in [0, 0.1) is 13.8 Å². The van der Waals surface area contributed by atoms with Gasteiger partial charge >= 0.3 is 0 Å². The van der Waals surface area contributed by atoms with E-state index in [4.69, 9.17) is 14.1 Å². The van der Waals surface area contributed by atoms with Crippen molar-refractivity contribution in [2.24, 2.45) is 0 Å². The first-order valence-electron chi connectivity index (χ1n) is 9.04. The summed E-state index contributed by atoms with van der Waals surface area (Å²) in [5.41, 5.74) is 6.06. The number of nitrogens with zero attached hydrogens (tertiary/aromatic N) is 4. The van der Waals surface area contributed by atoms with Gasteiger partial charge in [0.1, 0.15) is 22.5 Å². The standard InChI is InChI=1S/C21H22N4O2S/c1-13-9-16(6-8-20(13)26-4)21-22-19(14(2)27-21)12-25(3)11-15-5-7-17-18(10-15)24-28-23-17/h5-10H,11-12H2,1-4H3. The second kappa shape index (κ2) is 7.69. The quantitative estimate of drug-likeness (QED) is 0.476. The number of hydrogen-bond acceptors (Lipinski definition) is 7. The Labute approximate surface area is 168 Å². The molecule has 4 aromatic rings. The number of aromatic nitrogens is 3. The van der Waals surface area contributed by atoms with Gasteiger partial charge < -0.3 is 9.15 Å². The summed E-state index contributed by atoms with van der Waals surface area (Å²) in [6.07, 6.45) is 0. The van der Waals surface area contributed by atoms with Crippen LogP contribution in [0.25, 0.3) is 22.5 Å². The van der Waals surface area contributed by atoms with E-state index in [1.54, 1.807) is 7.11 Å². The fourth-order valence-corrected chi connectivity index (χ4v) is 3.78. The molecule has 0 bridgehead atoms. The molecule has 0 unspecified atom stereocenters. The van der Waals surface area contributed by atoms with Crippen LogP contribution in [-0.4, -0.2) is 32.8 Å². The van der Waals surface area contributed by atoms with Crippen molar-refractivity contribution in [2.45, 2.75) is 26.9 Å². The smallest absolute Gasteiger partial charge is 0.226 e. The van der Waals surface area contributed by atoms with Gasteiger partial charge in [0.25, 0.3) is 0 Å². The van der Waals surface area contributed by atoms with Crippen LogP contribution in [0.2, 0.25) is 0 Å². The highest BCUT2D eigenvalue weighted by Crippen LogP contribution is 2.27. The van der Waals surface area contributed by atoms with E-state index >= 15 is 0 Å². The fourth-order valence-electron chi connectivity index (χ4n) is 3.26.